The molecule has 0 bridgehead atoms. The van der Waals surface area contributed by atoms with Gasteiger partial charge < -0.3 is 0 Å². The third kappa shape index (κ3) is 5.64. The van der Waals surface area contributed by atoms with Crippen molar-refractivity contribution in [1.82, 2.24) is 9.97 Å². The number of nitrogens with zero attached hydrogens (tertiary/aromatic N) is 2. The zero-order chi connectivity index (χ0) is 36.5. The Morgan fingerprint density at radius 1 is 0.491 bits per heavy atom. The van der Waals surface area contributed by atoms with E-state index in [9.17, 15) is 0 Å². The highest BCUT2D eigenvalue weighted by molar-refractivity contribution is 8.01. The number of thioether (sulfide) groups is 1. The summed E-state index contributed by atoms with van der Waals surface area (Å²) in [6, 6.07) is 57.3. The van der Waals surface area contributed by atoms with Gasteiger partial charge in [0.2, 0.25) is 0 Å². The number of fused-ring (bicyclic) bond motifs is 7. The second kappa shape index (κ2) is 12.8. The van der Waals surface area contributed by atoms with Gasteiger partial charge in [-0.3, -0.25) is 0 Å². The largest absolute Gasteiger partial charge is 0.228 e. The maximum absolute atomic E-state index is 5.35. The SMILES string of the molecule is C[C@]12C=CC=CC1c1cc(-c3cc(-c4ccc5sc6ccccc6c5c4)cc(-c4nc(-c5ccccc5)cc(-c5ccc6ccccc6c5)n4)c3)ccc1S2. The van der Waals surface area contributed by atoms with Crippen molar-refractivity contribution in [3.63, 3.8) is 0 Å². The second-order valence-electron chi connectivity index (χ2n) is 14.8. The van der Waals surface area contributed by atoms with Gasteiger partial charge in [0.05, 0.1) is 11.4 Å². The highest BCUT2D eigenvalue weighted by Crippen LogP contribution is 2.56. The average molecular weight is 739 g/mol. The van der Waals surface area contributed by atoms with Gasteiger partial charge >= 0.3 is 0 Å². The summed E-state index contributed by atoms with van der Waals surface area (Å²) >= 11 is 3.82. The molecule has 0 fully saturated rings. The maximum Gasteiger partial charge on any atom is 0.160 e. The molecule has 1 aliphatic carbocycles. The third-order valence-corrected chi connectivity index (χ3v) is 13.8. The van der Waals surface area contributed by atoms with E-state index in [4.69, 9.17) is 9.97 Å². The fourth-order valence-corrected chi connectivity index (χ4v) is 10.8. The number of hydrogen-bond donors (Lipinski definition) is 0. The fourth-order valence-electron chi connectivity index (χ4n) is 8.35. The molecule has 1 unspecified atom stereocenters. The Bertz CT molecular complexity index is 3050. The van der Waals surface area contributed by atoms with Crippen LogP contribution in [-0.4, -0.2) is 14.7 Å². The fraction of sp³-hybridized carbons (Fsp3) is 0.0588. The van der Waals surface area contributed by atoms with Crippen molar-refractivity contribution >= 4 is 54.0 Å². The average Bonchev–Trinajstić information content (AvgIpc) is 3.77. The van der Waals surface area contributed by atoms with E-state index in [1.165, 1.54) is 52.5 Å². The van der Waals surface area contributed by atoms with E-state index in [1.54, 1.807) is 0 Å². The van der Waals surface area contributed by atoms with Gasteiger partial charge in [-0.2, -0.15) is 0 Å². The zero-order valence-electron chi connectivity index (χ0n) is 30.1. The van der Waals surface area contributed by atoms with Crippen LogP contribution in [0, 0.1) is 0 Å². The number of thiophene rings is 1. The summed E-state index contributed by atoms with van der Waals surface area (Å²) in [5, 5.41) is 4.99. The predicted octanol–water partition coefficient (Wildman–Crippen LogP) is 14.4. The Balaban J connectivity index is 1.12. The molecule has 3 heterocycles. The summed E-state index contributed by atoms with van der Waals surface area (Å²) < 4.78 is 2.65. The lowest BCUT2D eigenvalue weighted by molar-refractivity contribution is 0.702. The molecule has 0 N–H and O–H groups in total. The number of benzene rings is 7. The van der Waals surface area contributed by atoms with Crippen LogP contribution < -0.4 is 0 Å². The molecular weight excluding hydrogens is 705 g/mol. The minimum Gasteiger partial charge on any atom is -0.228 e. The molecule has 260 valence electrons. The molecule has 0 saturated heterocycles. The Hall–Kier alpha value is -6.07. The molecule has 55 heavy (non-hydrogen) atoms. The molecular formula is C51H34N2S2. The van der Waals surface area contributed by atoms with Crippen molar-refractivity contribution in [2.24, 2.45) is 0 Å². The van der Waals surface area contributed by atoms with Crippen LogP contribution in [0.2, 0.25) is 0 Å². The standard InChI is InChI=1S/C51H34N2S2/c1-51-24-10-9-16-44(51)43-30-36(21-23-49(43)55-51)39-26-38(35-20-22-48-42(29-35)41-15-7-8-17-47(41)54-48)27-40(28-39)50-52-45(33-12-3-2-4-13-33)31-46(53-50)37-19-18-32-11-5-6-14-34(32)25-37/h2-31,44H,1H3/t44?,51-/m0/s1. The Kier molecular flexibility index (Phi) is 7.51. The number of allylic oxidation sites excluding steroid dienone is 3. The normalized spacial score (nSPS) is 17.2. The lowest BCUT2D eigenvalue weighted by Gasteiger charge is -2.27. The van der Waals surface area contributed by atoms with Crippen LogP contribution in [0.1, 0.15) is 18.4 Å². The second-order valence-corrected chi connectivity index (χ2v) is 17.4. The highest BCUT2D eigenvalue weighted by atomic mass is 32.2. The van der Waals surface area contributed by atoms with Gasteiger partial charge in [0.1, 0.15) is 0 Å². The van der Waals surface area contributed by atoms with Crippen LogP contribution in [0.5, 0.6) is 0 Å². The molecule has 2 nitrogen and oxygen atoms in total. The first kappa shape index (κ1) is 32.4. The summed E-state index contributed by atoms with van der Waals surface area (Å²) in [6.07, 6.45) is 9.11. The summed E-state index contributed by atoms with van der Waals surface area (Å²) in [6.45, 7) is 2.36. The Morgan fingerprint density at radius 3 is 2.05 bits per heavy atom. The van der Waals surface area contributed by atoms with Crippen LogP contribution in [-0.2, 0) is 0 Å². The maximum atomic E-state index is 5.35. The molecule has 0 radical (unpaired) electrons. The number of aromatic nitrogens is 2. The van der Waals surface area contributed by atoms with Crippen molar-refractivity contribution in [1.29, 1.82) is 0 Å². The summed E-state index contributed by atoms with van der Waals surface area (Å²) in [5.74, 6) is 1.05. The van der Waals surface area contributed by atoms with Crippen LogP contribution in [0.25, 0.3) is 87.1 Å². The minimum absolute atomic E-state index is 0.0340. The van der Waals surface area contributed by atoms with Crippen LogP contribution in [0.15, 0.2) is 187 Å². The molecule has 7 aromatic carbocycles. The van der Waals surface area contributed by atoms with Crippen molar-refractivity contribution in [3.8, 4) is 56.2 Å². The predicted molar refractivity (Wildman–Crippen MR) is 235 cm³/mol. The first-order valence-electron chi connectivity index (χ1n) is 18.7. The Morgan fingerprint density at radius 2 is 1.18 bits per heavy atom. The minimum atomic E-state index is 0.0340. The van der Waals surface area contributed by atoms with E-state index in [2.05, 4.69) is 189 Å². The van der Waals surface area contributed by atoms with Gasteiger partial charge in [0.25, 0.3) is 0 Å². The quantitative estimate of drug-likeness (QED) is 0.176. The van der Waals surface area contributed by atoms with Crippen molar-refractivity contribution in [3.05, 3.63) is 188 Å². The zero-order valence-corrected chi connectivity index (χ0v) is 31.7. The van der Waals surface area contributed by atoms with Crippen molar-refractivity contribution < 1.29 is 0 Å². The number of rotatable bonds is 5. The molecule has 11 rings (SSSR count). The Labute approximate surface area is 328 Å². The van der Waals surface area contributed by atoms with Crippen molar-refractivity contribution in [2.45, 2.75) is 22.5 Å². The summed E-state index contributed by atoms with van der Waals surface area (Å²) in [7, 11) is 0. The lowest BCUT2D eigenvalue weighted by Crippen LogP contribution is -2.22. The lowest BCUT2D eigenvalue weighted by atomic mass is 9.83. The smallest absolute Gasteiger partial charge is 0.160 e. The highest BCUT2D eigenvalue weighted by Gasteiger charge is 2.41. The van der Waals surface area contributed by atoms with E-state index in [0.29, 0.717) is 11.7 Å². The third-order valence-electron chi connectivity index (χ3n) is 11.2. The van der Waals surface area contributed by atoms with E-state index in [0.717, 1.165) is 39.2 Å². The topological polar surface area (TPSA) is 25.8 Å². The van der Waals surface area contributed by atoms with Gasteiger partial charge in [-0.15, -0.1) is 23.1 Å². The van der Waals surface area contributed by atoms with Gasteiger partial charge in [-0.25, -0.2) is 9.97 Å². The molecule has 2 atom stereocenters. The molecule has 0 amide bonds. The van der Waals surface area contributed by atoms with Gasteiger partial charge in [-0.05, 0) is 106 Å². The van der Waals surface area contributed by atoms with Crippen LogP contribution in [0.4, 0.5) is 0 Å². The molecule has 2 aromatic heterocycles. The van der Waals surface area contributed by atoms with Gasteiger partial charge in [0, 0.05) is 52.4 Å². The van der Waals surface area contributed by atoms with E-state index < -0.39 is 0 Å². The molecule has 1 aliphatic heterocycles. The first-order chi connectivity index (χ1) is 27.0. The molecule has 0 spiro atoms. The van der Waals surface area contributed by atoms with E-state index in [-0.39, 0.29) is 4.75 Å². The van der Waals surface area contributed by atoms with E-state index >= 15 is 0 Å². The van der Waals surface area contributed by atoms with Crippen LogP contribution in [0.3, 0.4) is 0 Å². The summed E-state index contributed by atoms with van der Waals surface area (Å²) in [5.41, 5.74) is 11.0. The van der Waals surface area contributed by atoms with Crippen molar-refractivity contribution in [2.75, 3.05) is 0 Å². The van der Waals surface area contributed by atoms with Gasteiger partial charge in [-0.1, -0.05) is 121 Å². The van der Waals surface area contributed by atoms with E-state index in [1.807, 2.05) is 23.1 Å². The van der Waals surface area contributed by atoms with Crippen LogP contribution >= 0.6 is 23.1 Å². The number of hydrogen-bond acceptors (Lipinski definition) is 4. The van der Waals surface area contributed by atoms with Gasteiger partial charge in [0.15, 0.2) is 5.82 Å². The molecule has 9 aromatic rings. The first-order valence-corrected chi connectivity index (χ1v) is 20.4. The molecule has 2 aliphatic rings. The molecule has 4 heteroatoms. The summed E-state index contributed by atoms with van der Waals surface area (Å²) in [4.78, 5) is 12.0. The molecule has 0 saturated carbocycles. The monoisotopic (exact) mass is 738 g/mol.